The number of rotatable bonds is 5. The molecule has 0 aliphatic heterocycles. The van der Waals surface area contributed by atoms with Crippen molar-refractivity contribution in [2.24, 2.45) is 11.8 Å². The van der Waals surface area contributed by atoms with Gasteiger partial charge < -0.3 is 0 Å². The fourth-order valence-corrected chi connectivity index (χ4v) is 2.02. The van der Waals surface area contributed by atoms with E-state index in [0.717, 1.165) is 5.92 Å². The lowest BCUT2D eigenvalue weighted by molar-refractivity contribution is 0.396. The molecule has 1 atom stereocenters. The highest BCUT2D eigenvalue weighted by Crippen LogP contribution is 2.21. The molecule has 1 aromatic carbocycles. The van der Waals surface area contributed by atoms with Crippen LogP contribution >= 0.6 is 0 Å². The van der Waals surface area contributed by atoms with Gasteiger partial charge in [-0.05, 0) is 17.4 Å². The van der Waals surface area contributed by atoms with Gasteiger partial charge >= 0.3 is 0 Å². The molecular formula is C15H22. The molecule has 0 aromatic heterocycles. The molecule has 0 heteroatoms. The summed E-state index contributed by atoms with van der Waals surface area (Å²) in [5.74, 6) is 1.50. The normalized spacial score (nSPS) is 13.6. The maximum Gasteiger partial charge on any atom is -0.0230 e. The second kappa shape index (κ2) is 6.44. The Hall–Kier alpha value is -1.04. The third-order valence-electron chi connectivity index (χ3n) is 3.18. The van der Waals surface area contributed by atoms with Crippen LogP contribution in [-0.4, -0.2) is 0 Å². The van der Waals surface area contributed by atoms with Gasteiger partial charge in [-0.1, -0.05) is 76.1 Å². The van der Waals surface area contributed by atoms with E-state index in [-0.39, 0.29) is 0 Å². The lowest BCUT2D eigenvalue weighted by atomic mass is 9.89. The first-order chi connectivity index (χ1) is 7.27. The fourth-order valence-electron chi connectivity index (χ4n) is 2.02. The van der Waals surface area contributed by atoms with Crippen LogP contribution in [0.25, 0.3) is 6.08 Å². The molecule has 0 heterocycles. The van der Waals surface area contributed by atoms with Crippen LogP contribution in [0.1, 0.15) is 39.2 Å². The largest absolute Gasteiger partial charge is 0.0808 e. The highest BCUT2D eigenvalue weighted by molar-refractivity contribution is 5.48. The van der Waals surface area contributed by atoms with Gasteiger partial charge in [-0.2, -0.15) is 0 Å². The zero-order valence-corrected chi connectivity index (χ0v) is 10.1. The van der Waals surface area contributed by atoms with Crippen molar-refractivity contribution in [1.29, 1.82) is 0 Å². The van der Waals surface area contributed by atoms with Crippen molar-refractivity contribution in [3.63, 3.8) is 0 Å². The van der Waals surface area contributed by atoms with Crippen LogP contribution in [0.15, 0.2) is 36.4 Å². The second-order valence-electron chi connectivity index (χ2n) is 4.21. The fraction of sp³-hybridized carbons (Fsp3) is 0.467. The Morgan fingerprint density at radius 2 is 1.67 bits per heavy atom. The molecule has 1 aromatic rings. The van der Waals surface area contributed by atoms with Crippen LogP contribution in [0, 0.1) is 11.8 Å². The van der Waals surface area contributed by atoms with Crippen molar-refractivity contribution in [3.05, 3.63) is 42.0 Å². The van der Waals surface area contributed by atoms with Crippen molar-refractivity contribution >= 4 is 6.08 Å². The third-order valence-corrected chi connectivity index (χ3v) is 3.18. The molecule has 0 spiro atoms. The average Bonchev–Trinajstić information content (AvgIpc) is 2.29. The van der Waals surface area contributed by atoms with E-state index in [2.05, 4.69) is 63.3 Å². The molecule has 0 amide bonds. The number of allylic oxidation sites excluding steroid dienone is 1. The first-order valence-electron chi connectivity index (χ1n) is 6.01. The van der Waals surface area contributed by atoms with E-state index in [1.54, 1.807) is 0 Å². The molecule has 82 valence electrons. The number of hydrogen-bond acceptors (Lipinski definition) is 0. The molecule has 1 unspecified atom stereocenters. The summed E-state index contributed by atoms with van der Waals surface area (Å²) in [7, 11) is 0. The zero-order valence-electron chi connectivity index (χ0n) is 10.1. The smallest absolute Gasteiger partial charge is 0.0230 e. The topological polar surface area (TPSA) is 0 Å². The Morgan fingerprint density at radius 3 is 2.20 bits per heavy atom. The van der Waals surface area contributed by atoms with Crippen LogP contribution in [-0.2, 0) is 0 Å². The van der Waals surface area contributed by atoms with Gasteiger partial charge in [0.15, 0.2) is 0 Å². The van der Waals surface area contributed by atoms with Crippen LogP contribution in [0.2, 0.25) is 0 Å². The van der Waals surface area contributed by atoms with Gasteiger partial charge in [0.1, 0.15) is 0 Å². The van der Waals surface area contributed by atoms with Gasteiger partial charge in [0, 0.05) is 0 Å². The molecule has 0 nitrogen and oxygen atoms in total. The number of hydrogen-bond donors (Lipinski definition) is 0. The van der Waals surface area contributed by atoms with Crippen molar-refractivity contribution in [2.45, 2.75) is 33.6 Å². The molecule has 0 saturated heterocycles. The molecule has 0 aliphatic carbocycles. The molecule has 1 rings (SSSR count). The second-order valence-corrected chi connectivity index (χ2v) is 4.21. The highest BCUT2D eigenvalue weighted by atomic mass is 14.1. The van der Waals surface area contributed by atoms with E-state index in [1.807, 2.05) is 0 Å². The summed E-state index contributed by atoms with van der Waals surface area (Å²) in [6.45, 7) is 6.87. The minimum absolute atomic E-state index is 0.681. The van der Waals surface area contributed by atoms with Gasteiger partial charge in [0.2, 0.25) is 0 Å². The summed E-state index contributed by atoms with van der Waals surface area (Å²) in [6.07, 6.45) is 7.13. The predicted octanol–water partition coefficient (Wildman–Crippen LogP) is 4.77. The standard InChI is InChI=1S/C15H22/c1-4-15(5-2)13(3)11-12-14-9-7-6-8-10-14/h6-13,15H,4-5H2,1-3H3/b12-11+. The summed E-state index contributed by atoms with van der Waals surface area (Å²) < 4.78 is 0. The predicted molar refractivity (Wildman–Crippen MR) is 68.7 cm³/mol. The Kier molecular flexibility index (Phi) is 5.17. The van der Waals surface area contributed by atoms with Gasteiger partial charge in [-0.25, -0.2) is 0 Å². The minimum Gasteiger partial charge on any atom is -0.0808 e. The molecule has 0 bridgehead atoms. The summed E-state index contributed by atoms with van der Waals surface area (Å²) in [6, 6.07) is 10.5. The van der Waals surface area contributed by atoms with E-state index in [0.29, 0.717) is 5.92 Å². The van der Waals surface area contributed by atoms with Crippen molar-refractivity contribution in [1.82, 2.24) is 0 Å². The van der Waals surface area contributed by atoms with Gasteiger partial charge in [-0.15, -0.1) is 0 Å². The van der Waals surface area contributed by atoms with E-state index >= 15 is 0 Å². The Bertz CT molecular complexity index is 280. The summed E-state index contributed by atoms with van der Waals surface area (Å²) in [5.41, 5.74) is 1.30. The van der Waals surface area contributed by atoms with Crippen LogP contribution in [0.4, 0.5) is 0 Å². The summed E-state index contributed by atoms with van der Waals surface area (Å²) in [4.78, 5) is 0. The quantitative estimate of drug-likeness (QED) is 0.645. The molecular weight excluding hydrogens is 180 g/mol. The van der Waals surface area contributed by atoms with Crippen LogP contribution in [0.3, 0.4) is 0 Å². The Labute approximate surface area is 94.0 Å². The van der Waals surface area contributed by atoms with E-state index in [9.17, 15) is 0 Å². The van der Waals surface area contributed by atoms with Crippen molar-refractivity contribution in [2.75, 3.05) is 0 Å². The first-order valence-corrected chi connectivity index (χ1v) is 6.01. The van der Waals surface area contributed by atoms with Gasteiger partial charge in [-0.3, -0.25) is 0 Å². The highest BCUT2D eigenvalue weighted by Gasteiger charge is 2.09. The van der Waals surface area contributed by atoms with Crippen molar-refractivity contribution in [3.8, 4) is 0 Å². The molecule has 0 N–H and O–H groups in total. The lowest BCUT2D eigenvalue weighted by Crippen LogP contribution is -2.06. The zero-order chi connectivity index (χ0) is 11.1. The molecule has 0 saturated carbocycles. The summed E-state index contributed by atoms with van der Waals surface area (Å²) in [5, 5.41) is 0. The van der Waals surface area contributed by atoms with E-state index in [1.165, 1.54) is 18.4 Å². The SMILES string of the molecule is CCC(CC)C(C)/C=C/c1ccccc1. The van der Waals surface area contributed by atoms with Gasteiger partial charge in [0.05, 0.1) is 0 Å². The Morgan fingerprint density at radius 1 is 1.07 bits per heavy atom. The maximum absolute atomic E-state index is 2.34. The monoisotopic (exact) mass is 202 g/mol. The van der Waals surface area contributed by atoms with E-state index in [4.69, 9.17) is 0 Å². The molecule has 0 radical (unpaired) electrons. The molecule has 0 fully saturated rings. The molecule has 15 heavy (non-hydrogen) atoms. The van der Waals surface area contributed by atoms with Gasteiger partial charge in [0.25, 0.3) is 0 Å². The van der Waals surface area contributed by atoms with E-state index < -0.39 is 0 Å². The average molecular weight is 202 g/mol. The first kappa shape index (κ1) is 12.0. The lowest BCUT2D eigenvalue weighted by Gasteiger charge is -2.17. The van der Waals surface area contributed by atoms with Crippen molar-refractivity contribution < 1.29 is 0 Å². The third kappa shape index (κ3) is 3.91. The minimum atomic E-state index is 0.681. The Balaban J connectivity index is 2.57. The summed E-state index contributed by atoms with van der Waals surface area (Å²) >= 11 is 0. The number of benzene rings is 1. The molecule has 0 aliphatic rings. The van der Waals surface area contributed by atoms with Crippen LogP contribution < -0.4 is 0 Å². The maximum atomic E-state index is 2.34. The van der Waals surface area contributed by atoms with Crippen LogP contribution in [0.5, 0.6) is 0 Å².